The summed E-state index contributed by atoms with van der Waals surface area (Å²) in [5.41, 5.74) is 2.49. The van der Waals surface area contributed by atoms with Crippen molar-refractivity contribution in [3.8, 4) is 0 Å². The molecule has 0 spiro atoms. The van der Waals surface area contributed by atoms with Crippen LogP contribution in [0.5, 0.6) is 0 Å². The van der Waals surface area contributed by atoms with E-state index in [0.717, 1.165) is 13.1 Å². The van der Waals surface area contributed by atoms with Gasteiger partial charge in [-0.05, 0) is 17.7 Å². The maximum absolute atomic E-state index is 5.67. The van der Waals surface area contributed by atoms with Gasteiger partial charge in [0.2, 0.25) is 0 Å². The maximum atomic E-state index is 5.67. The number of benzene rings is 1. The third kappa shape index (κ3) is 2.84. The normalized spacial score (nSPS) is 10.2. The van der Waals surface area contributed by atoms with Gasteiger partial charge in [0.15, 0.2) is 0 Å². The fraction of sp³-hybridized carbons (Fsp3) is 0.400. The van der Waals surface area contributed by atoms with Crippen molar-refractivity contribution in [2.24, 2.45) is 0 Å². The Kier molecular flexibility index (Phi) is 4.12. The summed E-state index contributed by atoms with van der Waals surface area (Å²) < 4.78 is 0. The molecule has 1 nitrogen and oxygen atoms in total. The molecular formula is C10H14ClN. The van der Waals surface area contributed by atoms with Gasteiger partial charge in [0.1, 0.15) is 0 Å². The lowest BCUT2D eigenvalue weighted by atomic mass is 10.1. The molecule has 0 saturated heterocycles. The number of hydrogen-bond acceptors (Lipinski definition) is 1. The zero-order chi connectivity index (χ0) is 8.81. The second kappa shape index (κ2) is 5.18. The molecule has 0 radical (unpaired) electrons. The van der Waals surface area contributed by atoms with E-state index in [1.165, 1.54) is 11.1 Å². The first kappa shape index (κ1) is 9.56. The van der Waals surface area contributed by atoms with E-state index in [9.17, 15) is 0 Å². The number of hydrogen-bond donors (Lipinski definition) is 1. The Balaban J connectivity index is 2.53. The topological polar surface area (TPSA) is 12.0 Å². The molecule has 1 rings (SSSR count). The molecule has 0 atom stereocenters. The summed E-state index contributed by atoms with van der Waals surface area (Å²) in [5, 5.41) is 3.27. The molecule has 0 aliphatic carbocycles. The molecule has 2 heteroatoms. The van der Waals surface area contributed by atoms with Crippen molar-refractivity contribution in [2.45, 2.75) is 19.3 Å². The van der Waals surface area contributed by atoms with Crippen molar-refractivity contribution < 1.29 is 0 Å². The molecule has 0 aliphatic heterocycles. The molecule has 0 fully saturated rings. The van der Waals surface area contributed by atoms with Gasteiger partial charge in [-0.1, -0.05) is 31.2 Å². The van der Waals surface area contributed by atoms with Crippen LogP contribution in [0.2, 0.25) is 0 Å². The SMILES string of the molecule is CCNCc1ccc(CCl)cc1. The Morgan fingerprint density at radius 2 is 1.75 bits per heavy atom. The molecule has 0 aromatic heterocycles. The highest BCUT2D eigenvalue weighted by Gasteiger charge is 1.91. The first-order chi connectivity index (χ1) is 5.86. The highest BCUT2D eigenvalue weighted by atomic mass is 35.5. The largest absolute Gasteiger partial charge is 0.313 e. The monoisotopic (exact) mass is 183 g/mol. The fourth-order valence-electron chi connectivity index (χ4n) is 1.02. The molecule has 0 amide bonds. The van der Waals surface area contributed by atoms with Crippen LogP contribution in [0.25, 0.3) is 0 Å². The van der Waals surface area contributed by atoms with Crippen LogP contribution in [0, 0.1) is 0 Å². The third-order valence-corrected chi connectivity index (χ3v) is 2.07. The van der Waals surface area contributed by atoms with Crippen LogP contribution in [-0.4, -0.2) is 6.54 Å². The lowest BCUT2D eigenvalue weighted by Crippen LogP contribution is -2.11. The molecule has 0 saturated carbocycles. The van der Waals surface area contributed by atoms with Crippen LogP contribution in [0.4, 0.5) is 0 Å². The van der Waals surface area contributed by atoms with E-state index in [2.05, 4.69) is 36.5 Å². The first-order valence-corrected chi connectivity index (χ1v) is 4.74. The zero-order valence-corrected chi connectivity index (χ0v) is 8.06. The van der Waals surface area contributed by atoms with Crippen LogP contribution < -0.4 is 5.32 Å². The van der Waals surface area contributed by atoms with Gasteiger partial charge in [-0.2, -0.15) is 0 Å². The molecular weight excluding hydrogens is 170 g/mol. The second-order valence-electron chi connectivity index (χ2n) is 2.73. The average Bonchev–Trinajstić information content (AvgIpc) is 2.15. The number of rotatable bonds is 4. The number of alkyl halides is 1. The molecule has 0 bridgehead atoms. The summed E-state index contributed by atoms with van der Waals surface area (Å²) in [6.07, 6.45) is 0. The molecule has 1 aromatic carbocycles. The maximum Gasteiger partial charge on any atom is 0.0474 e. The Morgan fingerprint density at radius 3 is 2.25 bits per heavy atom. The molecule has 1 N–H and O–H groups in total. The fourth-order valence-corrected chi connectivity index (χ4v) is 1.19. The van der Waals surface area contributed by atoms with Crippen LogP contribution in [0.1, 0.15) is 18.1 Å². The van der Waals surface area contributed by atoms with E-state index in [1.807, 2.05) is 0 Å². The number of nitrogens with one attached hydrogen (secondary N) is 1. The molecule has 1 aromatic rings. The number of halogens is 1. The van der Waals surface area contributed by atoms with Crippen molar-refractivity contribution in [1.29, 1.82) is 0 Å². The van der Waals surface area contributed by atoms with Crippen LogP contribution in [0.3, 0.4) is 0 Å². The van der Waals surface area contributed by atoms with Crippen LogP contribution in [0.15, 0.2) is 24.3 Å². The predicted octanol–water partition coefficient (Wildman–Crippen LogP) is 2.53. The van der Waals surface area contributed by atoms with Gasteiger partial charge in [0, 0.05) is 12.4 Å². The Morgan fingerprint density at radius 1 is 1.17 bits per heavy atom. The second-order valence-corrected chi connectivity index (χ2v) is 3.00. The predicted molar refractivity (Wildman–Crippen MR) is 53.4 cm³/mol. The Labute approximate surface area is 78.7 Å². The van der Waals surface area contributed by atoms with Gasteiger partial charge < -0.3 is 5.32 Å². The van der Waals surface area contributed by atoms with Crippen molar-refractivity contribution in [3.63, 3.8) is 0 Å². The smallest absolute Gasteiger partial charge is 0.0474 e. The Bertz CT molecular complexity index is 218. The van der Waals surface area contributed by atoms with Gasteiger partial charge in [0.05, 0.1) is 0 Å². The highest BCUT2D eigenvalue weighted by molar-refractivity contribution is 6.17. The van der Waals surface area contributed by atoms with E-state index < -0.39 is 0 Å². The summed E-state index contributed by atoms with van der Waals surface area (Å²) in [6, 6.07) is 8.36. The van der Waals surface area contributed by atoms with E-state index in [4.69, 9.17) is 11.6 Å². The summed E-state index contributed by atoms with van der Waals surface area (Å²) in [6.45, 7) is 4.06. The lowest BCUT2D eigenvalue weighted by Gasteiger charge is -2.02. The lowest BCUT2D eigenvalue weighted by molar-refractivity contribution is 0.726. The highest BCUT2D eigenvalue weighted by Crippen LogP contribution is 2.06. The summed E-state index contributed by atoms with van der Waals surface area (Å²) in [4.78, 5) is 0. The van der Waals surface area contributed by atoms with Gasteiger partial charge in [-0.25, -0.2) is 0 Å². The van der Waals surface area contributed by atoms with E-state index in [0.29, 0.717) is 5.88 Å². The first-order valence-electron chi connectivity index (χ1n) is 4.21. The average molecular weight is 184 g/mol. The van der Waals surface area contributed by atoms with Crippen molar-refractivity contribution >= 4 is 11.6 Å². The molecule has 12 heavy (non-hydrogen) atoms. The van der Waals surface area contributed by atoms with E-state index >= 15 is 0 Å². The van der Waals surface area contributed by atoms with E-state index in [-0.39, 0.29) is 0 Å². The summed E-state index contributed by atoms with van der Waals surface area (Å²) in [7, 11) is 0. The van der Waals surface area contributed by atoms with Crippen molar-refractivity contribution in [2.75, 3.05) is 6.54 Å². The minimum atomic E-state index is 0.599. The van der Waals surface area contributed by atoms with E-state index in [1.54, 1.807) is 0 Å². The summed E-state index contributed by atoms with van der Waals surface area (Å²) in [5.74, 6) is 0.599. The van der Waals surface area contributed by atoms with Gasteiger partial charge in [0.25, 0.3) is 0 Å². The van der Waals surface area contributed by atoms with Crippen molar-refractivity contribution in [1.82, 2.24) is 5.32 Å². The Hall–Kier alpha value is -0.530. The molecule has 66 valence electrons. The van der Waals surface area contributed by atoms with Crippen LogP contribution in [-0.2, 0) is 12.4 Å². The van der Waals surface area contributed by atoms with Gasteiger partial charge in [-0.15, -0.1) is 11.6 Å². The van der Waals surface area contributed by atoms with Crippen molar-refractivity contribution in [3.05, 3.63) is 35.4 Å². The van der Waals surface area contributed by atoms with Crippen LogP contribution >= 0.6 is 11.6 Å². The minimum absolute atomic E-state index is 0.599. The molecule has 0 unspecified atom stereocenters. The van der Waals surface area contributed by atoms with Gasteiger partial charge >= 0.3 is 0 Å². The summed E-state index contributed by atoms with van der Waals surface area (Å²) >= 11 is 5.67. The third-order valence-electron chi connectivity index (χ3n) is 1.76. The molecule has 0 heterocycles. The molecule has 0 aliphatic rings. The van der Waals surface area contributed by atoms with Gasteiger partial charge in [-0.3, -0.25) is 0 Å². The quantitative estimate of drug-likeness (QED) is 0.708. The minimum Gasteiger partial charge on any atom is -0.313 e. The standard InChI is InChI=1S/C10H14ClN/c1-2-12-8-10-5-3-9(7-11)4-6-10/h3-6,12H,2,7-8H2,1H3. The zero-order valence-electron chi connectivity index (χ0n) is 7.31.